The van der Waals surface area contributed by atoms with Crippen molar-refractivity contribution in [1.82, 2.24) is 0 Å². The Morgan fingerprint density at radius 1 is 1.05 bits per heavy atom. The maximum absolute atomic E-state index is 12.7. The lowest BCUT2D eigenvalue weighted by Gasteiger charge is -2.19. The third-order valence-corrected chi connectivity index (χ3v) is 8.31. The van der Waals surface area contributed by atoms with Crippen LogP contribution in [0.1, 0.15) is 19.4 Å². The average Bonchev–Trinajstić information content (AvgIpc) is 2.24. The van der Waals surface area contributed by atoms with E-state index in [9.17, 15) is 8.42 Å². The highest BCUT2D eigenvalue weighted by Crippen LogP contribution is 2.27. The van der Waals surface area contributed by atoms with Crippen molar-refractivity contribution in [2.45, 2.75) is 45.3 Å². The quantitative estimate of drug-likeness (QED) is 0.621. The average molecular weight is 294 g/mol. The molecule has 0 aliphatic heterocycles. The molecule has 1 aromatic rings. The molecule has 0 aromatic heterocycles. The first-order valence-electron chi connectivity index (χ1n) is 6.31. The van der Waals surface area contributed by atoms with Gasteiger partial charge in [0.25, 0.3) is 0 Å². The highest BCUT2D eigenvalue weighted by atomic mass is 32.2. The third-order valence-electron chi connectivity index (χ3n) is 2.64. The highest BCUT2D eigenvalue weighted by molar-refractivity contribution is 7.97. The lowest BCUT2D eigenvalue weighted by Crippen LogP contribution is -2.29. The standard InChI is InChI=1S/C15H22O2SSi/c1-12(2)11-15(19(4,5)6)18(16,17)14-9-7-13(3)8-10-14/h7-10H,1-6H3. The van der Waals surface area contributed by atoms with E-state index in [4.69, 9.17) is 0 Å². The van der Waals surface area contributed by atoms with E-state index in [0.717, 1.165) is 11.1 Å². The van der Waals surface area contributed by atoms with E-state index in [2.05, 4.69) is 5.73 Å². The van der Waals surface area contributed by atoms with Crippen LogP contribution in [-0.2, 0) is 9.84 Å². The third kappa shape index (κ3) is 3.93. The van der Waals surface area contributed by atoms with Crippen LogP contribution < -0.4 is 0 Å². The minimum atomic E-state index is -3.42. The van der Waals surface area contributed by atoms with Crippen molar-refractivity contribution in [3.05, 3.63) is 45.7 Å². The van der Waals surface area contributed by atoms with Crippen LogP contribution in [0.3, 0.4) is 0 Å². The molecule has 0 atom stereocenters. The van der Waals surface area contributed by atoms with Gasteiger partial charge >= 0.3 is 0 Å². The van der Waals surface area contributed by atoms with Crippen LogP contribution in [0.4, 0.5) is 0 Å². The molecule has 0 N–H and O–H groups in total. The van der Waals surface area contributed by atoms with Crippen LogP contribution in [0, 0.1) is 6.92 Å². The molecule has 1 rings (SSSR count). The molecule has 0 heterocycles. The molecule has 0 saturated carbocycles. The fraction of sp³-hybridized carbons (Fsp3) is 0.400. The Balaban J connectivity index is 3.56. The van der Waals surface area contributed by atoms with Crippen molar-refractivity contribution < 1.29 is 8.42 Å². The predicted molar refractivity (Wildman–Crippen MR) is 83.6 cm³/mol. The SMILES string of the molecule is CC(C)=C=C([Si](C)(C)C)S(=O)(=O)c1ccc(C)cc1. The second-order valence-electron chi connectivity index (χ2n) is 6.02. The lowest BCUT2D eigenvalue weighted by atomic mass is 10.2. The van der Waals surface area contributed by atoms with Gasteiger partial charge in [-0.2, -0.15) is 0 Å². The fourth-order valence-corrected chi connectivity index (χ4v) is 6.99. The maximum atomic E-state index is 12.7. The van der Waals surface area contributed by atoms with E-state index in [1.807, 2.05) is 52.5 Å². The van der Waals surface area contributed by atoms with Crippen LogP contribution in [0.5, 0.6) is 0 Å². The molecule has 0 saturated heterocycles. The van der Waals surface area contributed by atoms with Crippen molar-refractivity contribution in [2.75, 3.05) is 0 Å². The number of hydrogen-bond acceptors (Lipinski definition) is 2. The van der Waals surface area contributed by atoms with Crippen molar-refractivity contribution in [3.8, 4) is 0 Å². The van der Waals surface area contributed by atoms with E-state index < -0.39 is 17.9 Å². The Morgan fingerprint density at radius 2 is 1.53 bits per heavy atom. The molecule has 104 valence electrons. The van der Waals surface area contributed by atoms with Gasteiger partial charge < -0.3 is 0 Å². The summed E-state index contributed by atoms with van der Waals surface area (Å²) in [6.45, 7) is 11.8. The molecular weight excluding hydrogens is 272 g/mol. The zero-order valence-corrected chi connectivity index (χ0v) is 14.4. The highest BCUT2D eigenvalue weighted by Gasteiger charge is 2.32. The van der Waals surface area contributed by atoms with Crippen molar-refractivity contribution >= 4 is 17.9 Å². The van der Waals surface area contributed by atoms with E-state index in [-0.39, 0.29) is 0 Å². The Kier molecular flexibility index (Phi) is 4.61. The van der Waals surface area contributed by atoms with Gasteiger partial charge in [0, 0.05) is 0 Å². The number of benzene rings is 1. The molecule has 1 aromatic carbocycles. The lowest BCUT2D eigenvalue weighted by molar-refractivity contribution is 0.603. The van der Waals surface area contributed by atoms with E-state index >= 15 is 0 Å². The molecule has 4 heteroatoms. The maximum Gasteiger partial charge on any atom is 0.205 e. The molecule has 0 radical (unpaired) electrons. The first kappa shape index (κ1) is 16.0. The van der Waals surface area contributed by atoms with E-state index in [0.29, 0.717) is 9.42 Å². The Bertz CT molecular complexity index is 622. The van der Waals surface area contributed by atoms with Gasteiger partial charge in [-0.15, -0.1) is 5.73 Å². The molecule has 2 nitrogen and oxygen atoms in total. The molecule has 0 aliphatic rings. The van der Waals surface area contributed by atoms with Gasteiger partial charge in [0.05, 0.1) is 9.42 Å². The van der Waals surface area contributed by atoms with Crippen LogP contribution >= 0.6 is 0 Å². The first-order valence-corrected chi connectivity index (χ1v) is 11.3. The molecule has 19 heavy (non-hydrogen) atoms. The number of rotatable bonds is 3. The summed E-state index contributed by atoms with van der Waals surface area (Å²) in [5.41, 5.74) is 5.03. The summed E-state index contributed by atoms with van der Waals surface area (Å²) in [5.74, 6) is 0. The second kappa shape index (κ2) is 5.49. The van der Waals surface area contributed by atoms with Crippen LogP contribution in [0.15, 0.2) is 45.0 Å². The summed E-state index contributed by atoms with van der Waals surface area (Å²) in [6, 6.07) is 7.02. The molecule has 0 bridgehead atoms. The first-order chi connectivity index (χ1) is 8.55. The largest absolute Gasteiger partial charge is 0.219 e. The second-order valence-corrected chi connectivity index (χ2v) is 13.3. The van der Waals surface area contributed by atoms with E-state index in [1.54, 1.807) is 12.1 Å². The Morgan fingerprint density at radius 3 is 1.89 bits per heavy atom. The van der Waals surface area contributed by atoms with Gasteiger partial charge in [-0.05, 0) is 38.5 Å². The molecule has 0 aliphatic carbocycles. The number of hydrogen-bond donors (Lipinski definition) is 0. The summed E-state index contributed by atoms with van der Waals surface area (Å²) < 4.78 is 26.0. The Hall–Kier alpha value is -1.09. The molecule has 0 fully saturated rings. The fourth-order valence-electron chi connectivity index (χ4n) is 1.72. The van der Waals surface area contributed by atoms with Gasteiger partial charge in [0.1, 0.15) is 8.07 Å². The van der Waals surface area contributed by atoms with Crippen molar-refractivity contribution in [2.24, 2.45) is 0 Å². The predicted octanol–water partition coefficient (Wildman–Crippen LogP) is 4.10. The van der Waals surface area contributed by atoms with Gasteiger partial charge in [0.2, 0.25) is 9.84 Å². The number of sulfone groups is 1. The normalized spacial score (nSPS) is 11.9. The van der Waals surface area contributed by atoms with Crippen LogP contribution in [0.25, 0.3) is 0 Å². The summed E-state index contributed by atoms with van der Waals surface area (Å²) in [7, 11) is -5.41. The van der Waals surface area contributed by atoms with Crippen molar-refractivity contribution in [1.29, 1.82) is 0 Å². The van der Waals surface area contributed by atoms with Crippen LogP contribution in [-0.4, -0.2) is 16.5 Å². The monoisotopic (exact) mass is 294 g/mol. The zero-order chi connectivity index (χ0) is 14.8. The van der Waals surface area contributed by atoms with Gasteiger partial charge in [-0.1, -0.05) is 37.3 Å². The minimum Gasteiger partial charge on any atom is -0.219 e. The van der Waals surface area contributed by atoms with Gasteiger partial charge in [-0.25, -0.2) is 8.42 Å². The summed E-state index contributed by atoms with van der Waals surface area (Å²) in [6.07, 6.45) is 0. The van der Waals surface area contributed by atoms with Gasteiger partial charge in [-0.3, -0.25) is 0 Å². The van der Waals surface area contributed by atoms with Crippen LogP contribution in [0.2, 0.25) is 19.6 Å². The number of allylic oxidation sites excluding steroid dienone is 1. The minimum absolute atomic E-state index is 0.365. The summed E-state index contributed by atoms with van der Waals surface area (Å²) in [4.78, 5) is 0.365. The number of aryl methyl sites for hydroxylation is 1. The molecule has 0 unspecified atom stereocenters. The molecular formula is C15H22O2SSi. The van der Waals surface area contributed by atoms with E-state index in [1.165, 1.54) is 0 Å². The summed E-state index contributed by atoms with van der Waals surface area (Å²) >= 11 is 0. The molecule has 0 amide bonds. The summed E-state index contributed by atoms with van der Waals surface area (Å²) in [5, 5.41) is 0. The van der Waals surface area contributed by atoms with Gasteiger partial charge in [0.15, 0.2) is 0 Å². The zero-order valence-electron chi connectivity index (χ0n) is 12.5. The molecule has 0 spiro atoms. The van der Waals surface area contributed by atoms with Crippen molar-refractivity contribution in [3.63, 3.8) is 0 Å². The Labute approximate surface area is 117 Å². The topological polar surface area (TPSA) is 34.1 Å². The smallest absolute Gasteiger partial charge is 0.205 e.